The lowest BCUT2D eigenvalue weighted by Gasteiger charge is -2.21. The van der Waals surface area contributed by atoms with Crippen molar-refractivity contribution < 1.29 is 14.3 Å². The fourth-order valence-electron chi connectivity index (χ4n) is 3.01. The van der Waals surface area contributed by atoms with E-state index in [0.29, 0.717) is 11.4 Å². The summed E-state index contributed by atoms with van der Waals surface area (Å²) in [6.07, 6.45) is 0.948. The number of amides is 3. The first-order chi connectivity index (χ1) is 13.5. The molecule has 1 aromatic heterocycles. The molecule has 2 N–H and O–H groups in total. The molecule has 1 aliphatic heterocycles. The Hall–Kier alpha value is -2.65. The first-order valence-electron chi connectivity index (χ1n) is 9.18. The Kier molecular flexibility index (Phi) is 6.83. The molecule has 8 nitrogen and oxygen atoms in total. The van der Waals surface area contributed by atoms with Crippen LogP contribution in [0.25, 0.3) is 0 Å². The Labute approximate surface area is 168 Å². The van der Waals surface area contributed by atoms with E-state index in [9.17, 15) is 9.59 Å². The fraction of sp³-hybridized carbons (Fsp3) is 0.421. The summed E-state index contributed by atoms with van der Waals surface area (Å²) in [5, 5.41) is 8.11. The Morgan fingerprint density at radius 2 is 1.96 bits per heavy atom. The average molecular weight is 404 g/mol. The van der Waals surface area contributed by atoms with Crippen LogP contribution in [0.1, 0.15) is 12.1 Å². The molecule has 3 amide bonds. The Morgan fingerprint density at radius 3 is 2.64 bits per heavy atom. The molecule has 0 radical (unpaired) electrons. The minimum absolute atomic E-state index is 0.195. The number of rotatable bonds is 5. The van der Waals surface area contributed by atoms with Gasteiger partial charge in [0.1, 0.15) is 5.75 Å². The van der Waals surface area contributed by atoms with Gasteiger partial charge in [-0.2, -0.15) is 0 Å². The summed E-state index contributed by atoms with van der Waals surface area (Å²) in [7, 11) is 1.58. The van der Waals surface area contributed by atoms with Crippen LogP contribution >= 0.6 is 11.3 Å². The van der Waals surface area contributed by atoms with E-state index >= 15 is 0 Å². The number of carbonyl (C=O) groups excluding carboxylic acids is 2. The van der Waals surface area contributed by atoms with Gasteiger partial charge in [0.15, 0.2) is 5.13 Å². The number of aromatic nitrogens is 1. The molecule has 0 saturated carbocycles. The highest BCUT2D eigenvalue weighted by Crippen LogP contribution is 2.21. The van der Waals surface area contributed by atoms with Gasteiger partial charge in [-0.25, -0.2) is 9.78 Å². The number of hydrogen-bond donors (Lipinski definition) is 2. The number of hydrogen-bond acceptors (Lipinski definition) is 7. The summed E-state index contributed by atoms with van der Waals surface area (Å²) < 4.78 is 5.08. The fourth-order valence-corrected chi connectivity index (χ4v) is 3.87. The second kappa shape index (κ2) is 9.52. The molecule has 0 bridgehead atoms. The molecule has 1 aromatic carbocycles. The van der Waals surface area contributed by atoms with E-state index in [4.69, 9.17) is 4.74 Å². The number of benzene rings is 1. The zero-order valence-corrected chi connectivity index (χ0v) is 16.9. The molecular formula is C19H25N5O3S. The average Bonchev–Trinajstić information content (AvgIpc) is 2.97. The van der Waals surface area contributed by atoms with Crippen LogP contribution in [0.4, 0.5) is 15.6 Å². The number of nitrogens with zero attached hydrogens (tertiary/aromatic N) is 3. The number of aryl methyl sites for hydroxylation is 1. The SMILES string of the molecule is COc1ccc(NC(=O)NC(=O)CN2CCCN(c3nc(C)cs3)CC2)cc1. The van der Waals surface area contributed by atoms with Crippen molar-refractivity contribution in [3.05, 3.63) is 35.3 Å². The number of urea groups is 1. The minimum atomic E-state index is -0.537. The van der Waals surface area contributed by atoms with Gasteiger partial charge in [0, 0.05) is 37.2 Å². The van der Waals surface area contributed by atoms with Crippen LogP contribution in [0, 0.1) is 6.92 Å². The van der Waals surface area contributed by atoms with Crippen molar-refractivity contribution in [2.45, 2.75) is 13.3 Å². The third-order valence-electron chi connectivity index (χ3n) is 4.43. The summed E-state index contributed by atoms with van der Waals surface area (Å²) in [4.78, 5) is 33.1. The van der Waals surface area contributed by atoms with Gasteiger partial charge in [-0.15, -0.1) is 11.3 Å². The van der Waals surface area contributed by atoms with Crippen molar-refractivity contribution in [1.29, 1.82) is 0 Å². The maximum absolute atomic E-state index is 12.2. The number of carbonyl (C=O) groups is 2. The van der Waals surface area contributed by atoms with Crippen LogP contribution < -0.4 is 20.3 Å². The van der Waals surface area contributed by atoms with Gasteiger partial charge in [-0.05, 0) is 37.6 Å². The standard InChI is InChI=1S/C19H25N5O3S/c1-14-13-28-19(20-14)24-9-3-8-23(10-11-24)12-17(25)22-18(26)21-15-4-6-16(27-2)7-5-15/h4-7,13H,3,8-12H2,1-2H3,(H2,21,22,25,26). The molecule has 9 heteroatoms. The number of nitrogens with one attached hydrogen (secondary N) is 2. The van der Waals surface area contributed by atoms with Crippen LogP contribution in [0.5, 0.6) is 5.75 Å². The summed E-state index contributed by atoms with van der Waals surface area (Å²) in [5.74, 6) is 0.384. The molecule has 0 atom stereocenters. The first-order valence-corrected chi connectivity index (χ1v) is 10.1. The molecule has 28 heavy (non-hydrogen) atoms. The monoisotopic (exact) mass is 403 g/mol. The van der Waals surface area contributed by atoms with Gasteiger partial charge >= 0.3 is 6.03 Å². The molecule has 1 saturated heterocycles. The van der Waals surface area contributed by atoms with Crippen LogP contribution in [-0.4, -0.2) is 61.7 Å². The van der Waals surface area contributed by atoms with E-state index in [-0.39, 0.29) is 12.5 Å². The summed E-state index contributed by atoms with van der Waals surface area (Å²) >= 11 is 1.65. The molecule has 1 aliphatic rings. The van der Waals surface area contributed by atoms with E-state index in [0.717, 1.165) is 43.4 Å². The molecule has 1 fully saturated rings. The number of ether oxygens (including phenoxy) is 1. The van der Waals surface area contributed by atoms with Crippen LogP contribution in [0.3, 0.4) is 0 Å². The topological polar surface area (TPSA) is 86.8 Å². The van der Waals surface area contributed by atoms with Crippen molar-refractivity contribution >= 4 is 34.1 Å². The van der Waals surface area contributed by atoms with E-state index in [1.165, 1.54) is 0 Å². The minimum Gasteiger partial charge on any atom is -0.497 e. The Balaban J connectivity index is 1.44. The third-order valence-corrected chi connectivity index (χ3v) is 5.45. The van der Waals surface area contributed by atoms with Gasteiger partial charge in [-0.1, -0.05) is 0 Å². The van der Waals surface area contributed by atoms with Gasteiger partial charge in [0.05, 0.1) is 19.3 Å². The molecule has 0 spiro atoms. The van der Waals surface area contributed by atoms with E-state index in [1.807, 2.05) is 12.3 Å². The van der Waals surface area contributed by atoms with Crippen molar-refractivity contribution in [2.75, 3.05) is 50.1 Å². The van der Waals surface area contributed by atoms with Gasteiger partial charge in [-0.3, -0.25) is 15.0 Å². The molecule has 2 aromatic rings. The summed E-state index contributed by atoms with van der Waals surface area (Å²) in [6.45, 7) is 5.49. The largest absolute Gasteiger partial charge is 0.497 e. The predicted molar refractivity (Wildman–Crippen MR) is 110 cm³/mol. The highest BCUT2D eigenvalue weighted by Gasteiger charge is 2.19. The smallest absolute Gasteiger partial charge is 0.325 e. The number of imide groups is 1. The van der Waals surface area contributed by atoms with Gasteiger partial charge in [0.25, 0.3) is 0 Å². The molecule has 150 valence electrons. The molecular weight excluding hydrogens is 378 g/mol. The zero-order valence-electron chi connectivity index (χ0n) is 16.1. The third kappa shape index (κ3) is 5.67. The van der Waals surface area contributed by atoms with Crippen molar-refractivity contribution in [3.63, 3.8) is 0 Å². The van der Waals surface area contributed by atoms with E-state index < -0.39 is 6.03 Å². The lowest BCUT2D eigenvalue weighted by Crippen LogP contribution is -2.43. The highest BCUT2D eigenvalue weighted by molar-refractivity contribution is 7.13. The lowest BCUT2D eigenvalue weighted by atomic mass is 10.3. The van der Waals surface area contributed by atoms with Gasteiger partial charge < -0.3 is 15.0 Å². The zero-order chi connectivity index (χ0) is 19.9. The second-order valence-corrected chi connectivity index (χ2v) is 7.46. The maximum Gasteiger partial charge on any atom is 0.325 e. The Morgan fingerprint density at radius 1 is 1.18 bits per heavy atom. The second-order valence-electron chi connectivity index (χ2n) is 6.62. The molecule has 0 unspecified atom stereocenters. The maximum atomic E-state index is 12.2. The first kappa shape index (κ1) is 20.1. The number of thiazole rings is 1. The number of methoxy groups -OCH3 is 1. The predicted octanol–water partition coefficient (Wildman–Crippen LogP) is 2.32. The number of anilines is 2. The van der Waals surface area contributed by atoms with Crippen molar-refractivity contribution in [3.8, 4) is 5.75 Å². The quantitative estimate of drug-likeness (QED) is 0.797. The van der Waals surface area contributed by atoms with E-state index in [2.05, 4.69) is 25.4 Å². The normalized spacial score (nSPS) is 15.0. The van der Waals surface area contributed by atoms with Crippen LogP contribution in [0.2, 0.25) is 0 Å². The molecule has 0 aliphatic carbocycles. The van der Waals surface area contributed by atoms with Crippen LogP contribution in [-0.2, 0) is 4.79 Å². The summed E-state index contributed by atoms with van der Waals surface area (Å²) in [5.41, 5.74) is 1.62. The molecule has 2 heterocycles. The van der Waals surface area contributed by atoms with Gasteiger partial charge in [0.2, 0.25) is 5.91 Å². The Bertz CT molecular complexity index is 808. The van der Waals surface area contributed by atoms with Crippen molar-refractivity contribution in [2.24, 2.45) is 0 Å². The van der Waals surface area contributed by atoms with E-state index in [1.54, 1.807) is 42.7 Å². The van der Waals surface area contributed by atoms with Crippen molar-refractivity contribution in [1.82, 2.24) is 15.2 Å². The summed E-state index contributed by atoms with van der Waals surface area (Å²) in [6, 6.07) is 6.37. The molecule has 3 rings (SSSR count). The highest BCUT2D eigenvalue weighted by atomic mass is 32.1. The lowest BCUT2D eigenvalue weighted by molar-refractivity contribution is -0.121. The van der Waals surface area contributed by atoms with Crippen LogP contribution in [0.15, 0.2) is 29.6 Å².